The smallest absolute Gasteiger partial charge is 0.264 e. The summed E-state index contributed by atoms with van der Waals surface area (Å²) in [5, 5.41) is 0. The van der Waals surface area contributed by atoms with Crippen LogP contribution >= 0.6 is 0 Å². The van der Waals surface area contributed by atoms with Crippen molar-refractivity contribution in [1.82, 2.24) is 0 Å². The van der Waals surface area contributed by atoms with E-state index in [1.54, 1.807) is 4.90 Å². The number of para-hydroxylation sites is 2. The molecule has 1 atom stereocenters. The van der Waals surface area contributed by atoms with Crippen molar-refractivity contribution in [3.05, 3.63) is 94.5 Å². The van der Waals surface area contributed by atoms with Crippen molar-refractivity contribution in [2.45, 2.75) is 18.9 Å². The van der Waals surface area contributed by atoms with Crippen LogP contribution in [0, 0.1) is 6.92 Å². The number of aliphatic imine (C=N–C) groups is 1. The molecule has 1 unspecified atom stereocenters. The van der Waals surface area contributed by atoms with Crippen LogP contribution in [0.25, 0.3) is 0 Å². The molecule has 142 valence electrons. The highest BCUT2D eigenvalue weighted by Crippen LogP contribution is 2.53. The summed E-state index contributed by atoms with van der Waals surface area (Å²) < 4.78 is 0. The predicted octanol–water partition coefficient (Wildman–Crippen LogP) is 4.04. The Balaban J connectivity index is 1.71. The minimum Gasteiger partial charge on any atom is -0.325 e. The van der Waals surface area contributed by atoms with E-state index in [1.807, 2.05) is 25.2 Å². The molecule has 0 fully saturated rings. The van der Waals surface area contributed by atoms with Gasteiger partial charge in [-0.25, -0.2) is 4.99 Å². The zero-order chi connectivity index (χ0) is 19.8. The van der Waals surface area contributed by atoms with Gasteiger partial charge in [0.1, 0.15) is 5.84 Å². The number of likely N-dealkylation sites (N-methyl/N-ethyl adjacent to an activating group) is 1. The minimum absolute atomic E-state index is 0.0169. The monoisotopic (exact) mass is 379 g/mol. The van der Waals surface area contributed by atoms with Gasteiger partial charge >= 0.3 is 0 Å². The third-order valence-electron chi connectivity index (χ3n) is 6.49. The van der Waals surface area contributed by atoms with Crippen molar-refractivity contribution in [2.75, 3.05) is 23.4 Å². The third-order valence-corrected chi connectivity index (χ3v) is 6.49. The first-order valence-electron chi connectivity index (χ1n) is 10.1. The van der Waals surface area contributed by atoms with Gasteiger partial charge in [0.2, 0.25) is 0 Å². The van der Waals surface area contributed by atoms with E-state index in [-0.39, 0.29) is 5.91 Å². The molecule has 3 aromatic carbocycles. The molecule has 3 aromatic rings. The van der Waals surface area contributed by atoms with E-state index < -0.39 is 5.54 Å². The highest BCUT2D eigenvalue weighted by atomic mass is 16.2. The Labute approximate surface area is 170 Å². The predicted molar refractivity (Wildman–Crippen MR) is 116 cm³/mol. The van der Waals surface area contributed by atoms with Gasteiger partial charge in [0.05, 0.1) is 5.69 Å². The molecule has 29 heavy (non-hydrogen) atoms. The summed E-state index contributed by atoms with van der Waals surface area (Å²) in [5.41, 5.74) is 6.62. The molecule has 0 saturated carbocycles. The van der Waals surface area contributed by atoms with Crippen molar-refractivity contribution in [2.24, 2.45) is 4.99 Å². The molecule has 0 aromatic heterocycles. The molecule has 0 radical (unpaired) electrons. The zero-order valence-corrected chi connectivity index (χ0v) is 16.5. The SMILES string of the molecule is Cc1ccc(C2=NC3(C(=O)N(C)c4ccccc43)c3cccc4c3N2CC4)cc1. The van der Waals surface area contributed by atoms with Gasteiger partial charge in [0.25, 0.3) is 5.91 Å². The quantitative estimate of drug-likeness (QED) is 0.640. The maximum Gasteiger partial charge on any atom is 0.264 e. The van der Waals surface area contributed by atoms with Crippen molar-refractivity contribution in [1.29, 1.82) is 0 Å². The van der Waals surface area contributed by atoms with Crippen LogP contribution in [0.2, 0.25) is 0 Å². The van der Waals surface area contributed by atoms with Crippen molar-refractivity contribution >= 4 is 23.1 Å². The van der Waals surface area contributed by atoms with Crippen molar-refractivity contribution < 1.29 is 4.79 Å². The summed E-state index contributed by atoms with van der Waals surface area (Å²) in [5.74, 6) is 0.907. The average Bonchev–Trinajstić information content (AvgIpc) is 3.27. The molecular weight excluding hydrogens is 358 g/mol. The number of amides is 1. The number of hydrogen-bond acceptors (Lipinski definition) is 3. The standard InChI is InChI=1S/C25H21N3O/c1-16-10-12-18(13-11-16)23-26-25(19-7-3-4-9-21(19)27(2)24(25)29)20-8-5-6-17-14-15-28(23)22(17)20/h3-13H,14-15H2,1-2H3. The molecule has 6 rings (SSSR count). The Morgan fingerprint density at radius 2 is 1.69 bits per heavy atom. The maximum absolute atomic E-state index is 13.8. The first kappa shape index (κ1) is 16.5. The van der Waals surface area contributed by atoms with Gasteiger partial charge in [-0.05, 0) is 25.0 Å². The van der Waals surface area contributed by atoms with Gasteiger partial charge in [-0.3, -0.25) is 4.79 Å². The van der Waals surface area contributed by atoms with E-state index in [2.05, 4.69) is 60.4 Å². The maximum atomic E-state index is 13.8. The van der Waals surface area contributed by atoms with E-state index in [9.17, 15) is 4.79 Å². The van der Waals surface area contributed by atoms with E-state index in [0.29, 0.717) is 0 Å². The lowest BCUT2D eigenvalue weighted by Gasteiger charge is -2.37. The molecule has 4 heteroatoms. The van der Waals surface area contributed by atoms with Gasteiger partial charge in [-0.15, -0.1) is 0 Å². The van der Waals surface area contributed by atoms with Crippen LogP contribution in [0.3, 0.4) is 0 Å². The van der Waals surface area contributed by atoms with Crippen LogP contribution in [-0.4, -0.2) is 25.3 Å². The lowest BCUT2D eigenvalue weighted by atomic mass is 9.81. The number of fused-ring (bicyclic) bond motifs is 3. The minimum atomic E-state index is -1.02. The molecule has 0 saturated heterocycles. The largest absolute Gasteiger partial charge is 0.325 e. The molecule has 0 bridgehead atoms. The van der Waals surface area contributed by atoms with Crippen LogP contribution in [0.15, 0.2) is 71.7 Å². The summed E-state index contributed by atoms with van der Waals surface area (Å²) in [6.07, 6.45) is 0.968. The Kier molecular flexibility index (Phi) is 3.18. The fourth-order valence-corrected chi connectivity index (χ4v) is 5.07. The molecule has 3 aliphatic heterocycles. The first-order chi connectivity index (χ1) is 14.1. The number of hydrogen-bond donors (Lipinski definition) is 0. The highest BCUT2D eigenvalue weighted by molar-refractivity contribution is 6.19. The van der Waals surface area contributed by atoms with Gasteiger partial charge in [0, 0.05) is 36.0 Å². The normalized spacial score (nSPS) is 21.4. The third kappa shape index (κ3) is 1.98. The molecule has 3 heterocycles. The van der Waals surface area contributed by atoms with E-state index in [1.165, 1.54) is 11.1 Å². The van der Waals surface area contributed by atoms with Crippen molar-refractivity contribution in [3.8, 4) is 0 Å². The van der Waals surface area contributed by atoms with Crippen molar-refractivity contribution in [3.63, 3.8) is 0 Å². The summed E-state index contributed by atoms with van der Waals surface area (Å²) in [7, 11) is 1.85. The summed E-state index contributed by atoms with van der Waals surface area (Å²) in [4.78, 5) is 23.1. The molecule has 0 aliphatic carbocycles. The number of benzene rings is 3. The molecule has 1 amide bonds. The number of nitrogens with zero attached hydrogens (tertiary/aromatic N) is 3. The Morgan fingerprint density at radius 3 is 2.52 bits per heavy atom. The Hall–Kier alpha value is -3.40. The zero-order valence-electron chi connectivity index (χ0n) is 16.5. The number of carbonyl (C=O) groups is 1. The van der Waals surface area contributed by atoms with Gasteiger partial charge in [-0.1, -0.05) is 66.2 Å². The van der Waals surface area contributed by atoms with Gasteiger partial charge in [-0.2, -0.15) is 0 Å². The Morgan fingerprint density at radius 1 is 0.931 bits per heavy atom. The number of amidine groups is 1. The number of aryl methyl sites for hydroxylation is 1. The summed E-state index contributed by atoms with van der Waals surface area (Å²) in [6.45, 7) is 2.98. The second-order valence-corrected chi connectivity index (χ2v) is 8.11. The fraction of sp³-hybridized carbons (Fsp3) is 0.200. The lowest BCUT2D eigenvalue weighted by molar-refractivity contribution is -0.121. The number of rotatable bonds is 1. The fourth-order valence-electron chi connectivity index (χ4n) is 5.07. The number of carbonyl (C=O) groups excluding carboxylic acids is 1. The van der Waals surface area contributed by atoms with Gasteiger partial charge < -0.3 is 9.80 Å². The summed E-state index contributed by atoms with van der Waals surface area (Å²) >= 11 is 0. The molecule has 1 spiro atoms. The topological polar surface area (TPSA) is 35.9 Å². The van der Waals surface area contributed by atoms with Crippen LogP contribution in [0.1, 0.15) is 27.8 Å². The van der Waals surface area contributed by atoms with Gasteiger partial charge in [0.15, 0.2) is 5.54 Å². The second kappa shape index (κ2) is 5.57. The highest BCUT2D eigenvalue weighted by Gasteiger charge is 2.56. The van der Waals surface area contributed by atoms with Crippen LogP contribution in [0.4, 0.5) is 11.4 Å². The Bertz CT molecular complexity index is 1210. The molecular formula is C25H21N3O. The van der Waals surface area contributed by atoms with Crippen LogP contribution < -0.4 is 9.80 Å². The molecule has 3 aliphatic rings. The molecule has 4 nitrogen and oxygen atoms in total. The van der Waals surface area contributed by atoms with Crippen LogP contribution in [-0.2, 0) is 16.8 Å². The average molecular weight is 379 g/mol. The van der Waals surface area contributed by atoms with E-state index in [0.717, 1.165) is 46.9 Å². The van der Waals surface area contributed by atoms with E-state index >= 15 is 0 Å². The summed E-state index contributed by atoms with van der Waals surface area (Å²) in [6, 6.07) is 22.8. The number of anilines is 2. The van der Waals surface area contributed by atoms with E-state index in [4.69, 9.17) is 4.99 Å². The second-order valence-electron chi connectivity index (χ2n) is 8.11. The molecule has 0 N–H and O–H groups in total. The first-order valence-corrected chi connectivity index (χ1v) is 10.1. The lowest BCUT2D eigenvalue weighted by Crippen LogP contribution is -2.46. The van der Waals surface area contributed by atoms with Crippen LogP contribution in [0.5, 0.6) is 0 Å².